The third-order valence-corrected chi connectivity index (χ3v) is 4.40. The van der Waals surface area contributed by atoms with Crippen LogP contribution in [0, 0.1) is 9.49 Å². The normalized spacial score (nSPS) is 13.4. The van der Waals surface area contributed by atoms with Gasteiger partial charge >= 0.3 is 0 Å². The van der Waals surface area contributed by atoms with Gasteiger partial charge in [-0.05, 0) is 28.5 Å². The van der Waals surface area contributed by atoms with Gasteiger partial charge in [-0.25, -0.2) is 9.97 Å². The van der Waals surface area contributed by atoms with E-state index in [1.807, 2.05) is 22.6 Å². The van der Waals surface area contributed by atoms with Gasteiger partial charge < -0.3 is 0 Å². The van der Waals surface area contributed by atoms with Crippen molar-refractivity contribution in [2.45, 2.75) is 26.7 Å². The van der Waals surface area contributed by atoms with Crippen LogP contribution in [0.1, 0.15) is 32.5 Å². The van der Waals surface area contributed by atoms with Crippen molar-refractivity contribution >= 4 is 45.8 Å². The van der Waals surface area contributed by atoms with E-state index in [0.717, 1.165) is 5.82 Å². The standard InChI is InChI=1S/C9H11Cl2IN2/c1-4(2)5(3)9-13-7(10)6(12)8(11)14-9/h4-5H,1-3H3. The van der Waals surface area contributed by atoms with Crippen molar-refractivity contribution in [1.29, 1.82) is 0 Å². The second kappa shape index (κ2) is 4.94. The maximum absolute atomic E-state index is 5.92. The SMILES string of the molecule is CC(C)C(C)c1nc(Cl)c(I)c(Cl)n1. The molecule has 0 saturated heterocycles. The van der Waals surface area contributed by atoms with Gasteiger partial charge in [-0.3, -0.25) is 0 Å². The fourth-order valence-electron chi connectivity index (χ4n) is 0.911. The van der Waals surface area contributed by atoms with Crippen LogP contribution in [-0.2, 0) is 0 Å². The van der Waals surface area contributed by atoms with E-state index in [2.05, 4.69) is 30.7 Å². The van der Waals surface area contributed by atoms with E-state index < -0.39 is 0 Å². The minimum absolute atomic E-state index is 0.266. The topological polar surface area (TPSA) is 25.8 Å². The largest absolute Gasteiger partial charge is 0.220 e. The fraction of sp³-hybridized carbons (Fsp3) is 0.556. The molecular formula is C9H11Cl2IN2. The Bertz CT molecular complexity index is 319. The highest BCUT2D eigenvalue weighted by atomic mass is 127. The van der Waals surface area contributed by atoms with Crippen molar-refractivity contribution < 1.29 is 0 Å². The summed E-state index contributed by atoms with van der Waals surface area (Å²) in [6.07, 6.45) is 0. The van der Waals surface area contributed by atoms with Crippen LogP contribution in [-0.4, -0.2) is 9.97 Å². The summed E-state index contributed by atoms with van der Waals surface area (Å²) >= 11 is 13.9. The average Bonchev–Trinajstić information content (AvgIpc) is 2.12. The molecule has 1 aromatic heterocycles. The van der Waals surface area contributed by atoms with E-state index >= 15 is 0 Å². The molecule has 0 aromatic carbocycles. The molecule has 0 fully saturated rings. The van der Waals surface area contributed by atoms with Crippen molar-refractivity contribution in [2.75, 3.05) is 0 Å². The van der Waals surface area contributed by atoms with Crippen LogP contribution in [0.15, 0.2) is 0 Å². The average molecular weight is 345 g/mol. The third kappa shape index (κ3) is 2.70. The monoisotopic (exact) mass is 344 g/mol. The quantitative estimate of drug-likeness (QED) is 0.595. The van der Waals surface area contributed by atoms with E-state index in [-0.39, 0.29) is 5.92 Å². The Kier molecular flexibility index (Phi) is 4.40. The van der Waals surface area contributed by atoms with E-state index in [4.69, 9.17) is 23.2 Å². The van der Waals surface area contributed by atoms with Gasteiger partial charge in [0.15, 0.2) is 0 Å². The number of nitrogens with zero attached hydrogens (tertiary/aromatic N) is 2. The van der Waals surface area contributed by atoms with Gasteiger partial charge in [-0.15, -0.1) is 0 Å². The molecule has 14 heavy (non-hydrogen) atoms. The Balaban J connectivity index is 3.12. The van der Waals surface area contributed by atoms with Gasteiger partial charge in [0.1, 0.15) is 16.1 Å². The van der Waals surface area contributed by atoms with Gasteiger partial charge in [-0.2, -0.15) is 0 Å². The molecule has 0 aliphatic heterocycles. The number of hydrogen-bond donors (Lipinski definition) is 0. The zero-order valence-electron chi connectivity index (χ0n) is 8.18. The molecule has 1 atom stereocenters. The highest BCUT2D eigenvalue weighted by molar-refractivity contribution is 14.1. The van der Waals surface area contributed by atoms with Crippen LogP contribution in [0.25, 0.3) is 0 Å². The van der Waals surface area contributed by atoms with Gasteiger partial charge in [-0.1, -0.05) is 44.0 Å². The molecular weight excluding hydrogens is 334 g/mol. The molecule has 0 saturated carbocycles. The number of rotatable bonds is 2. The molecule has 1 aromatic rings. The summed E-state index contributed by atoms with van der Waals surface area (Å²) in [5.41, 5.74) is 0. The Labute approximate surface area is 108 Å². The lowest BCUT2D eigenvalue weighted by Gasteiger charge is -2.14. The number of halogens is 3. The summed E-state index contributed by atoms with van der Waals surface area (Å²) in [5, 5.41) is 0.876. The molecule has 1 unspecified atom stereocenters. The number of aromatic nitrogens is 2. The minimum atomic E-state index is 0.266. The van der Waals surface area contributed by atoms with Gasteiger partial charge in [0.25, 0.3) is 0 Å². The van der Waals surface area contributed by atoms with Crippen LogP contribution >= 0.6 is 45.8 Å². The smallest absolute Gasteiger partial charge is 0.147 e. The molecule has 1 rings (SSSR count). The lowest BCUT2D eigenvalue weighted by atomic mass is 9.97. The summed E-state index contributed by atoms with van der Waals surface area (Å²) in [7, 11) is 0. The van der Waals surface area contributed by atoms with Gasteiger partial charge in [0.2, 0.25) is 0 Å². The summed E-state index contributed by atoms with van der Waals surface area (Å²) in [4.78, 5) is 8.43. The molecule has 2 nitrogen and oxygen atoms in total. The first-order valence-corrected chi connectivity index (χ1v) is 6.15. The minimum Gasteiger partial charge on any atom is -0.220 e. The van der Waals surface area contributed by atoms with Gasteiger partial charge in [0, 0.05) is 5.92 Å². The number of hydrogen-bond acceptors (Lipinski definition) is 2. The van der Waals surface area contributed by atoms with E-state index in [1.54, 1.807) is 0 Å². The molecule has 0 radical (unpaired) electrons. The summed E-state index contributed by atoms with van der Waals surface area (Å²) in [6.45, 7) is 6.31. The van der Waals surface area contributed by atoms with E-state index in [9.17, 15) is 0 Å². The van der Waals surface area contributed by atoms with Crippen molar-refractivity contribution in [2.24, 2.45) is 5.92 Å². The summed E-state index contributed by atoms with van der Waals surface area (Å²) < 4.78 is 0.714. The Hall–Kier alpha value is 0.390. The maximum atomic E-state index is 5.92. The molecule has 78 valence electrons. The highest BCUT2D eigenvalue weighted by Crippen LogP contribution is 2.27. The maximum Gasteiger partial charge on any atom is 0.147 e. The first kappa shape index (κ1) is 12.5. The van der Waals surface area contributed by atoms with Crippen LogP contribution < -0.4 is 0 Å². The molecule has 0 aliphatic carbocycles. The molecule has 5 heteroatoms. The Morgan fingerprint density at radius 1 is 1.07 bits per heavy atom. The van der Waals surface area contributed by atoms with E-state index in [1.165, 1.54) is 0 Å². The summed E-state index contributed by atoms with van der Waals surface area (Å²) in [5.74, 6) is 1.46. The third-order valence-electron chi connectivity index (χ3n) is 2.19. The van der Waals surface area contributed by atoms with Crippen LogP contribution in [0.2, 0.25) is 10.3 Å². The van der Waals surface area contributed by atoms with Crippen molar-refractivity contribution in [3.63, 3.8) is 0 Å². The van der Waals surface area contributed by atoms with E-state index in [0.29, 0.717) is 19.8 Å². The molecule has 0 bridgehead atoms. The Morgan fingerprint density at radius 2 is 1.50 bits per heavy atom. The van der Waals surface area contributed by atoms with Crippen molar-refractivity contribution in [3.05, 3.63) is 19.7 Å². The molecule has 0 aliphatic rings. The highest BCUT2D eigenvalue weighted by Gasteiger charge is 2.16. The van der Waals surface area contributed by atoms with Crippen molar-refractivity contribution in [3.8, 4) is 0 Å². The fourth-order valence-corrected chi connectivity index (χ4v) is 1.55. The zero-order valence-corrected chi connectivity index (χ0v) is 11.9. The van der Waals surface area contributed by atoms with Crippen molar-refractivity contribution in [1.82, 2.24) is 9.97 Å². The van der Waals surface area contributed by atoms with Crippen LogP contribution in [0.4, 0.5) is 0 Å². The second-order valence-electron chi connectivity index (χ2n) is 3.51. The lowest BCUT2D eigenvalue weighted by molar-refractivity contribution is 0.510. The molecule has 0 amide bonds. The predicted molar refractivity (Wildman–Crippen MR) is 68.0 cm³/mol. The Morgan fingerprint density at radius 3 is 1.86 bits per heavy atom. The lowest BCUT2D eigenvalue weighted by Crippen LogP contribution is -2.08. The first-order chi connectivity index (χ1) is 6.43. The molecule has 1 heterocycles. The van der Waals surface area contributed by atoms with Gasteiger partial charge in [0.05, 0.1) is 3.57 Å². The van der Waals surface area contributed by atoms with Crippen LogP contribution in [0.3, 0.4) is 0 Å². The second-order valence-corrected chi connectivity index (χ2v) is 5.30. The first-order valence-electron chi connectivity index (χ1n) is 4.32. The molecule has 0 spiro atoms. The zero-order chi connectivity index (χ0) is 10.9. The molecule has 0 N–H and O–H groups in total. The predicted octanol–water partition coefficient (Wildman–Crippen LogP) is 4.15. The van der Waals surface area contributed by atoms with Crippen LogP contribution in [0.5, 0.6) is 0 Å². The summed E-state index contributed by atoms with van der Waals surface area (Å²) in [6, 6.07) is 0.